The zero-order valence-electron chi connectivity index (χ0n) is 12.5. The van der Waals surface area contributed by atoms with Crippen molar-refractivity contribution in [1.29, 1.82) is 0 Å². The molecule has 0 fully saturated rings. The lowest BCUT2D eigenvalue weighted by Gasteiger charge is -2.19. The second-order valence-electron chi connectivity index (χ2n) is 5.08. The number of halogens is 1. The minimum atomic E-state index is 0.324. The Morgan fingerprint density at radius 3 is 2.32 bits per heavy atom. The second kappa shape index (κ2) is 7.46. The van der Waals surface area contributed by atoms with E-state index in [1.807, 2.05) is 12.1 Å². The molecule has 19 heavy (non-hydrogen) atoms. The van der Waals surface area contributed by atoms with Crippen LogP contribution in [0.15, 0.2) is 12.1 Å². The molecular formula is C17H23ClO. The highest BCUT2D eigenvalue weighted by Gasteiger charge is 2.17. The molecule has 0 aliphatic heterocycles. The van der Waals surface area contributed by atoms with Crippen molar-refractivity contribution in [2.24, 2.45) is 0 Å². The van der Waals surface area contributed by atoms with Crippen LogP contribution in [0.4, 0.5) is 0 Å². The molecule has 1 rings (SSSR count). The zero-order valence-corrected chi connectivity index (χ0v) is 13.3. The Bertz CT molecular complexity index is 480. The van der Waals surface area contributed by atoms with Crippen LogP contribution in [0.3, 0.4) is 0 Å². The van der Waals surface area contributed by atoms with Crippen molar-refractivity contribution < 1.29 is 4.74 Å². The predicted octanol–water partition coefficient (Wildman–Crippen LogP) is 5.38. The summed E-state index contributed by atoms with van der Waals surface area (Å²) in [6.07, 6.45) is 1.73. The monoisotopic (exact) mass is 278 g/mol. The third-order valence-corrected chi connectivity index (χ3v) is 3.40. The van der Waals surface area contributed by atoms with E-state index in [0.29, 0.717) is 11.8 Å². The van der Waals surface area contributed by atoms with Crippen LogP contribution in [-0.2, 0) is 0 Å². The van der Waals surface area contributed by atoms with E-state index in [2.05, 4.69) is 39.5 Å². The highest BCUT2D eigenvalue weighted by atomic mass is 35.5. The van der Waals surface area contributed by atoms with Gasteiger partial charge in [0.2, 0.25) is 0 Å². The molecule has 1 aromatic carbocycles. The number of hydrogen-bond acceptors (Lipinski definition) is 1. The fourth-order valence-corrected chi connectivity index (χ4v) is 2.36. The molecule has 0 amide bonds. The number of ether oxygens (including phenoxy) is 1. The maximum atomic E-state index is 6.24. The summed E-state index contributed by atoms with van der Waals surface area (Å²) in [4.78, 5) is 0. The van der Waals surface area contributed by atoms with Crippen LogP contribution in [0.25, 0.3) is 0 Å². The Morgan fingerprint density at radius 1 is 1.16 bits per heavy atom. The molecule has 2 heteroatoms. The van der Waals surface area contributed by atoms with Gasteiger partial charge >= 0.3 is 0 Å². The Labute approximate surface area is 122 Å². The number of hydrogen-bond donors (Lipinski definition) is 0. The van der Waals surface area contributed by atoms with E-state index in [4.69, 9.17) is 16.3 Å². The molecule has 0 aliphatic rings. The van der Waals surface area contributed by atoms with Gasteiger partial charge < -0.3 is 4.74 Å². The van der Waals surface area contributed by atoms with E-state index in [9.17, 15) is 0 Å². The van der Waals surface area contributed by atoms with Gasteiger partial charge in [0.15, 0.2) is 0 Å². The van der Waals surface area contributed by atoms with Crippen molar-refractivity contribution in [2.75, 3.05) is 7.11 Å². The molecule has 0 saturated carbocycles. The van der Waals surface area contributed by atoms with Gasteiger partial charge in [0.1, 0.15) is 5.75 Å². The van der Waals surface area contributed by atoms with Crippen LogP contribution >= 0.6 is 11.6 Å². The number of methoxy groups -OCH3 is 1. The molecule has 1 atom stereocenters. The molecule has 0 bridgehead atoms. The molecule has 0 aliphatic carbocycles. The first-order chi connectivity index (χ1) is 9.01. The fraction of sp³-hybridized carbons (Fsp3) is 0.529. The lowest BCUT2D eigenvalue weighted by molar-refractivity contribution is 0.399. The number of rotatable bonds is 4. The summed E-state index contributed by atoms with van der Waals surface area (Å²) in [6.45, 7) is 8.54. The molecule has 1 nitrogen and oxygen atoms in total. The quantitative estimate of drug-likeness (QED) is 0.672. The average Bonchev–Trinajstić information content (AvgIpc) is 2.37. The van der Waals surface area contributed by atoms with Gasteiger partial charge in [-0.1, -0.05) is 39.3 Å². The molecule has 1 aromatic rings. The fourth-order valence-electron chi connectivity index (χ4n) is 2.13. The van der Waals surface area contributed by atoms with Crippen molar-refractivity contribution in [3.8, 4) is 17.6 Å². The summed E-state index contributed by atoms with van der Waals surface area (Å²) in [5, 5.41) is 0.773. The summed E-state index contributed by atoms with van der Waals surface area (Å²) in [7, 11) is 1.73. The molecule has 0 saturated heterocycles. The highest BCUT2D eigenvalue weighted by molar-refractivity contribution is 6.30. The summed E-state index contributed by atoms with van der Waals surface area (Å²) in [5.74, 6) is 8.00. The van der Waals surface area contributed by atoms with Crippen LogP contribution in [0.5, 0.6) is 5.75 Å². The highest BCUT2D eigenvalue weighted by Crippen LogP contribution is 2.38. The van der Waals surface area contributed by atoms with E-state index in [0.717, 1.165) is 29.2 Å². The van der Waals surface area contributed by atoms with Crippen LogP contribution in [0, 0.1) is 11.8 Å². The minimum Gasteiger partial charge on any atom is -0.496 e. The Kier molecular flexibility index (Phi) is 6.25. The van der Waals surface area contributed by atoms with Gasteiger partial charge in [-0.05, 0) is 35.1 Å². The van der Waals surface area contributed by atoms with Crippen molar-refractivity contribution in [2.45, 2.75) is 52.4 Å². The third kappa shape index (κ3) is 4.18. The topological polar surface area (TPSA) is 9.23 Å². The predicted molar refractivity (Wildman–Crippen MR) is 83.2 cm³/mol. The van der Waals surface area contributed by atoms with E-state index < -0.39 is 0 Å². The van der Waals surface area contributed by atoms with Crippen LogP contribution in [-0.4, -0.2) is 7.11 Å². The average molecular weight is 279 g/mol. The van der Waals surface area contributed by atoms with Crippen molar-refractivity contribution in [1.82, 2.24) is 0 Å². The zero-order chi connectivity index (χ0) is 14.4. The van der Waals surface area contributed by atoms with E-state index in [1.165, 1.54) is 5.56 Å². The molecule has 0 N–H and O–H groups in total. The van der Waals surface area contributed by atoms with Gasteiger partial charge in [-0.2, -0.15) is 0 Å². The minimum absolute atomic E-state index is 0.324. The first-order valence-corrected chi connectivity index (χ1v) is 7.22. The number of benzene rings is 1. The molecular weight excluding hydrogens is 256 g/mol. The molecule has 0 spiro atoms. The van der Waals surface area contributed by atoms with Crippen LogP contribution < -0.4 is 4.74 Å². The second-order valence-corrected chi connectivity index (χ2v) is 5.52. The molecule has 0 aromatic heterocycles. The van der Waals surface area contributed by atoms with Gasteiger partial charge in [0.25, 0.3) is 0 Å². The first kappa shape index (κ1) is 15.9. The van der Waals surface area contributed by atoms with Crippen molar-refractivity contribution in [3.05, 3.63) is 28.3 Å². The lowest BCUT2D eigenvalue weighted by Crippen LogP contribution is -2.02. The van der Waals surface area contributed by atoms with E-state index in [1.54, 1.807) is 7.11 Å². The van der Waals surface area contributed by atoms with Crippen molar-refractivity contribution in [3.63, 3.8) is 0 Å². The van der Waals surface area contributed by atoms with Gasteiger partial charge in [0, 0.05) is 17.9 Å². The standard InChI is InChI=1S/C17H23ClO/c1-6-7-8-9-13(4)16-11-14(18)10-15(12(2)3)17(16)19-5/h10-13H,6,9H2,1-5H3. The largest absolute Gasteiger partial charge is 0.496 e. The SMILES string of the molecule is CCC#CCC(C)c1cc(Cl)cc(C(C)C)c1OC. The van der Waals surface area contributed by atoms with Gasteiger partial charge in [-0.3, -0.25) is 0 Å². The van der Waals surface area contributed by atoms with Gasteiger partial charge in [-0.25, -0.2) is 0 Å². The Morgan fingerprint density at radius 2 is 1.79 bits per heavy atom. The van der Waals surface area contributed by atoms with Crippen molar-refractivity contribution >= 4 is 11.6 Å². The summed E-state index contributed by atoms with van der Waals surface area (Å²) >= 11 is 6.24. The molecule has 0 radical (unpaired) electrons. The van der Waals surface area contributed by atoms with E-state index >= 15 is 0 Å². The Balaban J connectivity index is 3.18. The normalized spacial score (nSPS) is 11.9. The summed E-state index contributed by atoms with van der Waals surface area (Å²) in [6, 6.07) is 4.00. The maximum Gasteiger partial charge on any atom is 0.125 e. The Hall–Kier alpha value is -1.13. The lowest BCUT2D eigenvalue weighted by atomic mass is 9.91. The van der Waals surface area contributed by atoms with Gasteiger partial charge in [0.05, 0.1) is 7.11 Å². The van der Waals surface area contributed by atoms with E-state index in [-0.39, 0.29) is 0 Å². The third-order valence-electron chi connectivity index (χ3n) is 3.18. The molecule has 0 heterocycles. The molecule has 104 valence electrons. The van der Waals surface area contributed by atoms with Crippen LogP contribution in [0.1, 0.15) is 63.5 Å². The van der Waals surface area contributed by atoms with Crippen LogP contribution in [0.2, 0.25) is 5.02 Å². The first-order valence-electron chi connectivity index (χ1n) is 6.84. The summed E-state index contributed by atoms with van der Waals surface area (Å²) in [5.41, 5.74) is 2.32. The van der Waals surface area contributed by atoms with Gasteiger partial charge in [-0.15, -0.1) is 11.8 Å². The smallest absolute Gasteiger partial charge is 0.125 e. The molecule has 1 unspecified atom stereocenters. The summed E-state index contributed by atoms with van der Waals surface area (Å²) < 4.78 is 5.61. The maximum absolute atomic E-state index is 6.24.